The molecule has 1 aromatic carbocycles. The Labute approximate surface area is 87.5 Å². The molecule has 0 fully saturated rings. The predicted molar refractivity (Wildman–Crippen MR) is 53.4 cm³/mol. The van der Waals surface area contributed by atoms with Crippen LogP contribution in [0.3, 0.4) is 0 Å². The molecule has 0 aliphatic rings. The highest BCUT2D eigenvalue weighted by Crippen LogP contribution is 2.12. The van der Waals surface area contributed by atoms with Gasteiger partial charge in [-0.05, 0) is 18.2 Å². The molecule has 0 radical (unpaired) electrons. The molecule has 74 valence electrons. The summed E-state index contributed by atoms with van der Waals surface area (Å²) < 4.78 is 5.22. The van der Waals surface area contributed by atoms with E-state index >= 15 is 0 Å². The van der Waals surface area contributed by atoms with Crippen LogP contribution in [0.5, 0.6) is 5.75 Å². The van der Waals surface area contributed by atoms with Crippen molar-refractivity contribution in [2.75, 3.05) is 12.5 Å². The number of alkyl halides is 1. The number of rotatable bonds is 4. The molecule has 0 aliphatic carbocycles. The van der Waals surface area contributed by atoms with Gasteiger partial charge in [0.15, 0.2) is 0 Å². The second-order valence-electron chi connectivity index (χ2n) is 2.76. The lowest BCUT2D eigenvalue weighted by Gasteiger charge is -2.09. The molecule has 0 aromatic heterocycles. The van der Waals surface area contributed by atoms with Gasteiger partial charge in [0.25, 0.3) is 0 Å². The number of aliphatic hydroxyl groups excluding tert-OH is 1. The zero-order chi connectivity index (χ0) is 10.4. The fourth-order valence-electron chi connectivity index (χ4n) is 0.892. The number of nitriles is 1. The smallest absolute Gasteiger partial charge is 0.120 e. The first-order valence-electron chi connectivity index (χ1n) is 4.13. The molecule has 0 saturated heterocycles. The Balaban J connectivity index is 2.55. The van der Waals surface area contributed by atoms with Crippen molar-refractivity contribution in [1.82, 2.24) is 0 Å². The number of hydrogen-bond donors (Lipinski definition) is 1. The molecule has 0 spiro atoms. The van der Waals surface area contributed by atoms with Gasteiger partial charge in [-0.2, -0.15) is 5.26 Å². The second kappa shape index (κ2) is 5.48. The number of ether oxygens (including phenoxy) is 1. The lowest BCUT2D eigenvalue weighted by molar-refractivity contribution is 0.125. The zero-order valence-corrected chi connectivity index (χ0v) is 8.24. The molecular weight excluding hydrogens is 202 g/mol. The average Bonchev–Trinajstić information content (AvgIpc) is 2.26. The van der Waals surface area contributed by atoms with Crippen molar-refractivity contribution < 1.29 is 9.84 Å². The molecule has 3 nitrogen and oxygen atoms in total. The first-order valence-corrected chi connectivity index (χ1v) is 4.66. The van der Waals surface area contributed by atoms with Crippen LogP contribution in [0.1, 0.15) is 5.56 Å². The molecule has 0 heterocycles. The highest BCUT2D eigenvalue weighted by Gasteiger charge is 2.03. The minimum Gasteiger partial charge on any atom is -0.491 e. The fraction of sp³-hybridized carbons (Fsp3) is 0.300. The Kier molecular flexibility index (Phi) is 4.24. The lowest BCUT2D eigenvalue weighted by Crippen LogP contribution is -2.18. The summed E-state index contributed by atoms with van der Waals surface area (Å²) in [5.41, 5.74) is 0.530. The Morgan fingerprint density at radius 1 is 1.57 bits per heavy atom. The van der Waals surface area contributed by atoms with Crippen LogP contribution in [0.15, 0.2) is 24.3 Å². The van der Waals surface area contributed by atoms with Gasteiger partial charge in [-0.3, -0.25) is 0 Å². The van der Waals surface area contributed by atoms with Crippen molar-refractivity contribution in [3.8, 4) is 11.8 Å². The number of benzene rings is 1. The van der Waals surface area contributed by atoms with E-state index in [2.05, 4.69) is 0 Å². The summed E-state index contributed by atoms with van der Waals surface area (Å²) in [4.78, 5) is 0. The van der Waals surface area contributed by atoms with Gasteiger partial charge in [0.05, 0.1) is 17.5 Å². The maximum Gasteiger partial charge on any atom is 0.120 e. The summed E-state index contributed by atoms with van der Waals surface area (Å²) in [5, 5.41) is 17.7. The number of hydrogen-bond acceptors (Lipinski definition) is 3. The summed E-state index contributed by atoms with van der Waals surface area (Å²) in [6.07, 6.45) is -0.678. The molecule has 1 rings (SSSR count). The minimum atomic E-state index is -0.678. The van der Waals surface area contributed by atoms with Gasteiger partial charge in [0.1, 0.15) is 18.5 Å². The van der Waals surface area contributed by atoms with Gasteiger partial charge in [-0.1, -0.05) is 6.07 Å². The molecule has 0 aliphatic heterocycles. The monoisotopic (exact) mass is 211 g/mol. The van der Waals surface area contributed by atoms with Crippen LogP contribution in [0.4, 0.5) is 0 Å². The van der Waals surface area contributed by atoms with Gasteiger partial charge < -0.3 is 9.84 Å². The van der Waals surface area contributed by atoms with E-state index in [4.69, 9.17) is 26.7 Å². The molecule has 1 aromatic rings. The maximum atomic E-state index is 9.12. The average molecular weight is 212 g/mol. The van der Waals surface area contributed by atoms with Crippen molar-refractivity contribution in [2.45, 2.75) is 6.10 Å². The number of nitrogens with zero attached hydrogens (tertiary/aromatic N) is 1. The van der Waals surface area contributed by atoms with Crippen molar-refractivity contribution in [1.29, 1.82) is 5.26 Å². The normalized spacial score (nSPS) is 11.8. The van der Waals surface area contributed by atoms with E-state index in [1.54, 1.807) is 24.3 Å². The third kappa shape index (κ3) is 3.25. The highest BCUT2D eigenvalue weighted by atomic mass is 35.5. The van der Waals surface area contributed by atoms with E-state index in [0.717, 1.165) is 0 Å². The van der Waals surface area contributed by atoms with Crippen molar-refractivity contribution >= 4 is 11.6 Å². The van der Waals surface area contributed by atoms with Crippen LogP contribution < -0.4 is 4.74 Å². The molecule has 0 saturated carbocycles. The van der Waals surface area contributed by atoms with E-state index in [0.29, 0.717) is 11.3 Å². The molecule has 1 atom stereocenters. The van der Waals surface area contributed by atoms with E-state index < -0.39 is 6.10 Å². The summed E-state index contributed by atoms with van der Waals surface area (Å²) in [6, 6.07) is 8.74. The minimum absolute atomic E-state index is 0.137. The first-order chi connectivity index (χ1) is 6.76. The number of aliphatic hydroxyl groups is 1. The molecular formula is C10H10ClNO2. The molecule has 0 amide bonds. The second-order valence-corrected chi connectivity index (χ2v) is 3.07. The van der Waals surface area contributed by atoms with Gasteiger partial charge >= 0.3 is 0 Å². The summed E-state index contributed by atoms with van der Waals surface area (Å²) >= 11 is 5.39. The van der Waals surface area contributed by atoms with E-state index in [-0.39, 0.29) is 12.5 Å². The van der Waals surface area contributed by atoms with Crippen molar-refractivity contribution in [3.05, 3.63) is 29.8 Å². The SMILES string of the molecule is N#Cc1cccc(OCC(O)CCl)c1. The van der Waals surface area contributed by atoms with Gasteiger partial charge in [-0.15, -0.1) is 11.6 Å². The van der Waals surface area contributed by atoms with E-state index in [9.17, 15) is 0 Å². The van der Waals surface area contributed by atoms with Gasteiger partial charge in [0, 0.05) is 0 Å². The Hall–Kier alpha value is -1.24. The highest BCUT2D eigenvalue weighted by molar-refractivity contribution is 6.18. The third-order valence-corrected chi connectivity index (χ3v) is 1.94. The topological polar surface area (TPSA) is 53.2 Å². The molecule has 1 unspecified atom stereocenters. The van der Waals surface area contributed by atoms with Gasteiger partial charge in [-0.25, -0.2) is 0 Å². The van der Waals surface area contributed by atoms with E-state index in [1.165, 1.54) is 0 Å². The van der Waals surface area contributed by atoms with Crippen LogP contribution in [-0.4, -0.2) is 23.7 Å². The first kappa shape index (κ1) is 10.8. The lowest BCUT2D eigenvalue weighted by atomic mass is 10.2. The Morgan fingerprint density at radius 2 is 2.36 bits per heavy atom. The van der Waals surface area contributed by atoms with Crippen LogP contribution in [0.2, 0.25) is 0 Å². The molecule has 1 N–H and O–H groups in total. The Bertz CT molecular complexity index is 335. The van der Waals surface area contributed by atoms with Crippen molar-refractivity contribution in [3.63, 3.8) is 0 Å². The summed E-state index contributed by atoms with van der Waals surface area (Å²) in [5.74, 6) is 0.700. The van der Waals surface area contributed by atoms with Gasteiger partial charge in [0.2, 0.25) is 0 Å². The zero-order valence-electron chi connectivity index (χ0n) is 7.48. The van der Waals surface area contributed by atoms with Crippen LogP contribution >= 0.6 is 11.6 Å². The third-order valence-electron chi connectivity index (χ3n) is 1.58. The van der Waals surface area contributed by atoms with Crippen molar-refractivity contribution in [2.24, 2.45) is 0 Å². The summed E-state index contributed by atoms with van der Waals surface area (Å²) in [7, 11) is 0. The molecule has 4 heteroatoms. The Morgan fingerprint density at radius 3 is 3.00 bits per heavy atom. The predicted octanol–water partition coefficient (Wildman–Crippen LogP) is 1.54. The van der Waals surface area contributed by atoms with Crippen LogP contribution in [0.25, 0.3) is 0 Å². The fourth-order valence-corrected chi connectivity index (χ4v) is 0.981. The summed E-state index contributed by atoms with van der Waals surface area (Å²) in [6.45, 7) is 0.137. The largest absolute Gasteiger partial charge is 0.491 e. The molecule has 0 bridgehead atoms. The standard InChI is InChI=1S/C10H10ClNO2/c11-5-9(13)7-14-10-3-1-2-8(4-10)6-12/h1-4,9,13H,5,7H2. The maximum absolute atomic E-state index is 9.12. The number of halogens is 1. The quantitative estimate of drug-likeness (QED) is 0.769. The van der Waals surface area contributed by atoms with Crippen LogP contribution in [0, 0.1) is 11.3 Å². The van der Waals surface area contributed by atoms with Crippen LogP contribution in [-0.2, 0) is 0 Å². The molecule has 14 heavy (non-hydrogen) atoms. The van der Waals surface area contributed by atoms with E-state index in [1.807, 2.05) is 6.07 Å².